The van der Waals surface area contributed by atoms with Gasteiger partial charge in [-0.25, -0.2) is 0 Å². The Labute approximate surface area is 124 Å². The van der Waals surface area contributed by atoms with Crippen molar-refractivity contribution in [2.24, 2.45) is 5.92 Å². The molecule has 1 aliphatic rings. The SMILES string of the molecule is CC(=O)O[C@@H]1CC=CC[C@@H]1C(=O)NCCc1ccncc1. The van der Waals surface area contributed by atoms with Crippen LogP contribution in [0.4, 0.5) is 0 Å². The summed E-state index contributed by atoms with van der Waals surface area (Å²) in [5.74, 6) is -0.694. The molecule has 1 amide bonds. The molecule has 2 atom stereocenters. The van der Waals surface area contributed by atoms with E-state index in [0.717, 1.165) is 12.0 Å². The van der Waals surface area contributed by atoms with Gasteiger partial charge in [0.15, 0.2) is 0 Å². The Balaban J connectivity index is 1.83. The Hall–Kier alpha value is -2.17. The largest absolute Gasteiger partial charge is 0.461 e. The van der Waals surface area contributed by atoms with Crippen LogP contribution in [0.15, 0.2) is 36.7 Å². The van der Waals surface area contributed by atoms with Crippen molar-refractivity contribution >= 4 is 11.9 Å². The number of aromatic nitrogens is 1. The summed E-state index contributed by atoms with van der Waals surface area (Å²) in [5, 5.41) is 2.92. The molecular weight excluding hydrogens is 268 g/mol. The summed E-state index contributed by atoms with van der Waals surface area (Å²) < 4.78 is 5.23. The maximum absolute atomic E-state index is 12.2. The lowest BCUT2D eigenvalue weighted by molar-refractivity contribution is -0.151. The molecule has 0 bridgehead atoms. The number of rotatable bonds is 5. The number of hydrogen-bond acceptors (Lipinski definition) is 4. The number of nitrogens with one attached hydrogen (secondary N) is 1. The standard InChI is InChI=1S/C16H20N2O3/c1-12(19)21-15-5-3-2-4-14(15)16(20)18-11-8-13-6-9-17-10-7-13/h2-3,6-7,9-10,14-15H,4-5,8,11H2,1H3,(H,18,20)/t14-,15+/m0/s1. The maximum Gasteiger partial charge on any atom is 0.302 e. The molecule has 1 aliphatic carbocycles. The third-order valence-corrected chi connectivity index (χ3v) is 3.49. The predicted molar refractivity (Wildman–Crippen MR) is 78.4 cm³/mol. The van der Waals surface area contributed by atoms with Gasteiger partial charge in [0.2, 0.25) is 5.91 Å². The Bertz CT molecular complexity index is 514. The van der Waals surface area contributed by atoms with Crippen LogP contribution in [0.1, 0.15) is 25.3 Å². The molecular formula is C16H20N2O3. The summed E-state index contributed by atoms with van der Waals surface area (Å²) in [6.07, 6.45) is 9.01. The fourth-order valence-electron chi connectivity index (χ4n) is 2.42. The zero-order valence-electron chi connectivity index (χ0n) is 12.1. The molecule has 21 heavy (non-hydrogen) atoms. The van der Waals surface area contributed by atoms with Crippen LogP contribution in [-0.2, 0) is 20.7 Å². The highest BCUT2D eigenvalue weighted by Gasteiger charge is 2.30. The van der Waals surface area contributed by atoms with E-state index >= 15 is 0 Å². The molecule has 0 fully saturated rings. The van der Waals surface area contributed by atoms with E-state index in [0.29, 0.717) is 19.4 Å². The monoisotopic (exact) mass is 288 g/mol. The molecule has 5 heteroatoms. The second-order valence-corrected chi connectivity index (χ2v) is 5.09. The van der Waals surface area contributed by atoms with Gasteiger partial charge in [-0.15, -0.1) is 0 Å². The van der Waals surface area contributed by atoms with Crippen molar-refractivity contribution in [3.05, 3.63) is 42.2 Å². The number of pyridine rings is 1. The van der Waals surface area contributed by atoms with E-state index in [4.69, 9.17) is 4.74 Å². The fourth-order valence-corrected chi connectivity index (χ4v) is 2.42. The van der Waals surface area contributed by atoms with Crippen LogP contribution in [0.3, 0.4) is 0 Å². The van der Waals surface area contributed by atoms with Gasteiger partial charge in [-0.2, -0.15) is 0 Å². The molecule has 2 rings (SSSR count). The predicted octanol–water partition coefficient (Wildman–Crippen LogP) is 1.64. The first-order valence-electron chi connectivity index (χ1n) is 7.15. The van der Waals surface area contributed by atoms with Crippen LogP contribution in [0, 0.1) is 5.92 Å². The van der Waals surface area contributed by atoms with Crippen molar-refractivity contribution in [3.8, 4) is 0 Å². The highest BCUT2D eigenvalue weighted by atomic mass is 16.5. The topological polar surface area (TPSA) is 68.3 Å². The lowest BCUT2D eigenvalue weighted by Crippen LogP contribution is -2.41. The molecule has 1 N–H and O–H groups in total. The average Bonchev–Trinajstić information content (AvgIpc) is 2.48. The minimum absolute atomic E-state index is 0.0559. The van der Waals surface area contributed by atoms with Crippen LogP contribution < -0.4 is 5.32 Å². The molecule has 0 saturated carbocycles. The molecule has 0 saturated heterocycles. The Morgan fingerprint density at radius 1 is 1.29 bits per heavy atom. The van der Waals surface area contributed by atoms with Crippen molar-refractivity contribution in [2.75, 3.05) is 6.54 Å². The lowest BCUT2D eigenvalue weighted by atomic mass is 9.90. The van der Waals surface area contributed by atoms with E-state index in [1.807, 2.05) is 24.3 Å². The summed E-state index contributed by atoms with van der Waals surface area (Å²) in [7, 11) is 0. The summed E-state index contributed by atoms with van der Waals surface area (Å²) in [6.45, 7) is 1.94. The molecule has 0 aliphatic heterocycles. The third kappa shape index (κ3) is 4.70. The van der Waals surface area contributed by atoms with Gasteiger partial charge in [-0.1, -0.05) is 12.2 Å². The Morgan fingerprint density at radius 2 is 2.00 bits per heavy atom. The molecule has 0 unspecified atom stereocenters. The van der Waals surface area contributed by atoms with E-state index < -0.39 is 0 Å². The Morgan fingerprint density at radius 3 is 2.71 bits per heavy atom. The number of carbonyl (C=O) groups excluding carboxylic acids is 2. The number of ether oxygens (including phenoxy) is 1. The van der Waals surface area contributed by atoms with E-state index in [9.17, 15) is 9.59 Å². The quantitative estimate of drug-likeness (QED) is 0.660. The van der Waals surface area contributed by atoms with Crippen molar-refractivity contribution in [1.29, 1.82) is 0 Å². The van der Waals surface area contributed by atoms with Gasteiger partial charge in [0.1, 0.15) is 6.10 Å². The number of nitrogens with zero attached hydrogens (tertiary/aromatic N) is 1. The number of amides is 1. The number of allylic oxidation sites excluding steroid dienone is 1. The molecule has 1 aromatic rings. The van der Waals surface area contributed by atoms with E-state index in [1.165, 1.54) is 6.92 Å². The van der Waals surface area contributed by atoms with Crippen molar-refractivity contribution in [1.82, 2.24) is 10.3 Å². The lowest BCUT2D eigenvalue weighted by Gasteiger charge is -2.27. The van der Waals surface area contributed by atoms with E-state index in [1.54, 1.807) is 12.4 Å². The minimum atomic E-state index is -0.353. The maximum atomic E-state index is 12.2. The van der Waals surface area contributed by atoms with Gasteiger partial charge in [-0.05, 0) is 30.5 Å². The fraction of sp³-hybridized carbons (Fsp3) is 0.438. The smallest absolute Gasteiger partial charge is 0.302 e. The first kappa shape index (κ1) is 15.2. The zero-order chi connectivity index (χ0) is 15.1. The van der Waals surface area contributed by atoms with Crippen molar-refractivity contribution in [2.45, 2.75) is 32.3 Å². The molecule has 0 radical (unpaired) electrons. The Kier molecular flexibility index (Phi) is 5.49. The molecule has 0 aromatic carbocycles. The van der Waals surface area contributed by atoms with Gasteiger partial charge in [0, 0.05) is 32.3 Å². The second kappa shape index (κ2) is 7.57. The third-order valence-electron chi connectivity index (χ3n) is 3.49. The van der Waals surface area contributed by atoms with E-state index in [-0.39, 0.29) is 23.9 Å². The van der Waals surface area contributed by atoms with Crippen LogP contribution in [0.25, 0.3) is 0 Å². The number of hydrogen-bond donors (Lipinski definition) is 1. The summed E-state index contributed by atoms with van der Waals surface area (Å²) in [6, 6.07) is 3.86. The second-order valence-electron chi connectivity index (χ2n) is 5.09. The van der Waals surface area contributed by atoms with Gasteiger partial charge in [0.05, 0.1) is 5.92 Å². The van der Waals surface area contributed by atoms with E-state index in [2.05, 4.69) is 10.3 Å². The summed E-state index contributed by atoms with van der Waals surface area (Å²) >= 11 is 0. The van der Waals surface area contributed by atoms with Crippen LogP contribution >= 0.6 is 0 Å². The molecule has 5 nitrogen and oxygen atoms in total. The van der Waals surface area contributed by atoms with Gasteiger partial charge in [0.25, 0.3) is 0 Å². The normalized spacial score (nSPS) is 20.8. The molecule has 1 heterocycles. The summed E-state index contributed by atoms with van der Waals surface area (Å²) in [5.41, 5.74) is 1.13. The van der Waals surface area contributed by atoms with Gasteiger partial charge >= 0.3 is 5.97 Å². The van der Waals surface area contributed by atoms with Gasteiger partial charge in [-0.3, -0.25) is 14.6 Å². The number of carbonyl (C=O) groups is 2. The van der Waals surface area contributed by atoms with Crippen molar-refractivity contribution < 1.29 is 14.3 Å². The molecule has 112 valence electrons. The van der Waals surface area contributed by atoms with Crippen LogP contribution in [-0.4, -0.2) is 29.5 Å². The first-order chi connectivity index (χ1) is 10.2. The minimum Gasteiger partial charge on any atom is -0.461 e. The molecule has 1 aromatic heterocycles. The average molecular weight is 288 g/mol. The van der Waals surface area contributed by atoms with Gasteiger partial charge < -0.3 is 10.1 Å². The molecule has 0 spiro atoms. The first-order valence-corrected chi connectivity index (χ1v) is 7.15. The van der Waals surface area contributed by atoms with Crippen LogP contribution in [0.2, 0.25) is 0 Å². The zero-order valence-corrected chi connectivity index (χ0v) is 12.1. The highest BCUT2D eigenvalue weighted by Crippen LogP contribution is 2.22. The van der Waals surface area contributed by atoms with Crippen LogP contribution in [0.5, 0.6) is 0 Å². The summed E-state index contributed by atoms with van der Waals surface area (Å²) in [4.78, 5) is 27.3. The van der Waals surface area contributed by atoms with Crippen molar-refractivity contribution in [3.63, 3.8) is 0 Å². The number of esters is 1. The highest BCUT2D eigenvalue weighted by molar-refractivity contribution is 5.80.